The summed E-state index contributed by atoms with van der Waals surface area (Å²) in [6.07, 6.45) is 4.07. The number of carboxylic acids is 1. The number of aliphatic carboxylic acids is 1. The summed E-state index contributed by atoms with van der Waals surface area (Å²) < 4.78 is 11.8. The molecule has 1 aromatic heterocycles. The van der Waals surface area contributed by atoms with E-state index in [4.69, 9.17) is 30.7 Å². The molecular weight excluding hydrogens is 540 g/mol. The van der Waals surface area contributed by atoms with Crippen molar-refractivity contribution >= 4 is 23.3 Å². The zero-order chi connectivity index (χ0) is 29.0. The Labute approximate surface area is 245 Å². The normalized spacial score (nSPS) is 12.2. The highest BCUT2D eigenvalue weighted by molar-refractivity contribution is 6.30. The Morgan fingerprint density at radius 1 is 0.976 bits per heavy atom. The van der Waals surface area contributed by atoms with Crippen LogP contribution in [0, 0.1) is 12.8 Å². The van der Waals surface area contributed by atoms with Crippen molar-refractivity contribution in [3.8, 4) is 17.2 Å². The second-order valence-electron chi connectivity index (χ2n) is 9.98. The van der Waals surface area contributed by atoms with E-state index in [0.717, 1.165) is 65.3 Å². The molecule has 8 heteroatoms. The average molecular weight is 575 g/mol. The summed E-state index contributed by atoms with van der Waals surface area (Å²) in [5.74, 6) is 0.973. The summed E-state index contributed by atoms with van der Waals surface area (Å²) in [7, 11) is 0. The van der Waals surface area contributed by atoms with Crippen molar-refractivity contribution in [1.82, 2.24) is 4.98 Å². The first-order chi connectivity index (χ1) is 19.9. The van der Waals surface area contributed by atoms with Gasteiger partial charge < -0.3 is 19.1 Å². The van der Waals surface area contributed by atoms with E-state index in [9.17, 15) is 4.79 Å². The standard InChI is InChI=1S/C33H35ClN2O5/c1-23(33(37)38)9-5-3-8-12-30(26-15-17-28(34)18-16-26)36-40-21-25-13-19-29(20-14-25)39-22-31-24(2)41-32(35-31)27-10-6-4-7-11-27/h4,6-7,10-11,13-20,23H,3,5,8-9,12,21-22H2,1-2H3,(H,37,38). The molecule has 7 nitrogen and oxygen atoms in total. The van der Waals surface area contributed by atoms with E-state index in [1.165, 1.54) is 0 Å². The number of hydrogen-bond donors (Lipinski definition) is 1. The van der Waals surface area contributed by atoms with Crippen LogP contribution in [0.3, 0.4) is 0 Å². The SMILES string of the molecule is Cc1oc(-c2ccccc2)nc1COc1ccc(CON=C(CCCCCC(C)C(=O)O)c2ccc(Cl)cc2)cc1. The van der Waals surface area contributed by atoms with Crippen LogP contribution < -0.4 is 4.74 Å². The van der Waals surface area contributed by atoms with E-state index >= 15 is 0 Å². The zero-order valence-corrected chi connectivity index (χ0v) is 24.1. The molecule has 4 rings (SSSR count). The minimum absolute atomic E-state index is 0.308. The molecule has 0 saturated carbocycles. The Balaban J connectivity index is 1.29. The fraction of sp³-hybridized carbons (Fsp3) is 0.303. The van der Waals surface area contributed by atoms with Gasteiger partial charge in [0.2, 0.25) is 5.89 Å². The number of aromatic nitrogens is 1. The van der Waals surface area contributed by atoms with Crippen LogP contribution in [-0.4, -0.2) is 21.8 Å². The van der Waals surface area contributed by atoms with Gasteiger partial charge in [-0.15, -0.1) is 0 Å². The summed E-state index contributed by atoms with van der Waals surface area (Å²) in [4.78, 5) is 21.4. The first-order valence-corrected chi connectivity index (χ1v) is 14.2. The van der Waals surface area contributed by atoms with Crippen molar-refractivity contribution in [1.29, 1.82) is 0 Å². The maximum atomic E-state index is 11.0. The molecule has 0 aliphatic carbocycles. The number of carbonyl (C=O) groups is 1. The third-order valence-corrected chi connectivity index (χ3v) is 7.02. The van der Waals surface area contributed by atoms with Gasteiger partial charge in [-0.1, -0.05) is 79.0 Å². The number of hydrogen-bond acceptors (Lipinski definition) is 6. The van der Waals surface area contributed by atoms with Gasteiger partial charge in [0.05, 0.1) is 11.6 Å². The Bertz CT molecular complexity index is 1420. The highest BCUT2D eigenvalue weighted by Crippen LogP contribution is 2.23. The molecule has 0 fully saturated rings. The van der Waals surface area contributed by atoms with Crippen molar-refractivity contribution in [3.63, 3.8) is 0 Å². The quantitative estimate of drug-likeness (QED) is 0.0869. The van der Waals surface area contributed by atoms with Gasteiger partial charge in [-0.3, -0.25) is 4.79 Å². The lowest BCUT2D eigenvalue weighted by molar-refractivity contribution is -0.141. The molecule has 0 aliphatic rings. The number of nitrogens with zero attached hydrogens (tertiary/aromatic N) is 2. The molecule has 0 bridgehead atoms. The third-order valence-electron chi connectivity index (χ3n) is 6.77. The lowest BCUT2D eigenvalue weighted by Gasteiger charge is -2.09. The monoisotopic (exact) mass is 574 g/mol. The number of benzene rings is 3. The number of rotatable bonds is 15. The smallest absolute Gasteiger partial charge is 0.306 e. The summed E-state index contributed by atoms with van der Waals surface area (Å²) in [6.45, 7) is 4.25. The van der Waals surface area contributed by atoms with Crippen LogP contribution in [0.2, 0.25) is 5.02 Å². The molecule has 4 aromatic rings. The fourth-order valence-electron chi connectivity index (χ4n) is 4.21. The fourth-order valence-corrected chi connectivity index (χ4v) is 4.34. The van der Waals surface area contributed by atoms with Crippen LogP contribution in [-0.2, 0) is 22.8 Å². The van der Waals surface area contributed by atoms with E-state index in [-0.39, 0.29) is 5.92 Å². The second kappa shape index (κ2) is 15.1. The molecule has 0 aliphatic heterocycles. The van der Waals surface area contributed by atoms with Crippen LogP contribution in [0.1, 0.15) is 61.6 Å². The summed E-state index contributed by atoms with van der Waals surface area (Å²) in [5, 5.41) is 14.2. The van der Waals surface area contributed by atoms with E-state index in [1.54, 1.807) is 6.92 Å². The Kier molecular flexibility index (Phi) is 11.0. The number of carboxylic acid groups (broad SMARTS) is 1. The summed E-state index contributed by atoms with van der Waals surface area (Å²) in [6, 6.07) is 25.0. The summed E-state index contributed by atoms with van der Waals surface area (Å²) >= 11 is 6.07. The maximum absolute atomic E-state index is 11.0. The Morgan fingerprint density at radius 2 is 1.71 bits per heavy atom. The van der Waals surface area contributed by atoms with Crippen molar-refractivity contribution in [2.45, 2.75) is 59.2 Å². The van der Waals surface area contributed by atoms with Crippen molar-refractivity contribution in [2.75, 3.05) is 0 Å². The minimum atomic E-state index is -0.746. The van der Waals surface area contributed by atoms with Crippen LogP contribution in [0.4, 0.5) is 0 Å². The predicted octanol–water partition coefficient (Wildman–Crippen LogP) is 8.47. The topological polar surface area (TPSA) is 94.2 Å². The van der Waals surface area contributed by atoms with E-state index < -0.39 is 5.97 Å². The molecule has 41 heavy (non-hydrogen) atoms. The van der Waals surface area contributed by atoms with E-state index in [2.05, 4.69) is 10.1 Å². The largest absolute Gasteiger partial charge is 0.487 e. The predicted molar refractivity (Wildman–Crippen MR) is 160 cm³/mol. The van der Waals surface area contributed by atoms with Crippen LogP contribution in [0.25, 0.3) is 11.5 Å². The first kappa shape index (κ1) is 29.9. The highest BCUT2D eigenvalue weighted by atomic mass is 35.5. The molecule has 1 atom stereocenters. The van der Waals surface area contributed by atoms with Gasteiger partial charge >= 0.3 is 5.97 Å². The molecule has 0 saturated heterocycles. The summed E-state index contributed by atoms with van der Waals surface area (Å²) in [5.41, 5.74) is 4.44. The minimum Gasteiger partial charge on any atom is -0.487 e. The molecule has 0 radical (unpaired) electrons. The van der Waals surface area contributed by atoms with E-state index in [1.807, 2.05) is 85.8 Å². The number of oxime groups is 1. The maximum Gasteiger partial charge on any atom is 0.306 e. The Morgan fingerprint density at radius 3 is 2.41 bits per heavy atom. The lowest BCUT2D eigenvalue weighted by Crippen LogP contribution is -2.09. The molecule has 0 spiro atoms. The zero-order valence-electron chi connectivity index (χ0n) is 23.4. The number of unbranched alkanes of at least 4 members (excludes halogenated alkanes) is 2. The van der Waals surface area contributed by atoms with Gasteiger partial charge in [0.1, 0.15) is 30.4 Å². The molecule has 1 unspecified atom stereocenters. The highest BCUT2D eigenvalue weighted by Gasteiger charge is 2.13. The van der Waals surface area contributed by atoms with Gasteiger partial charge in [0.15, 0.2) is 0 Å². The first-order valence-electron chi connectivity index (χ1n) is 13.8. The molecule has 1 heterocycles. The lowest BCUT2D eigenvalue weighted by atomic mass is 10.00. The molecule has 1 N–H and O–H groups in total. The molecule has 214 valence electrons. The molecular formula is C33H35ClN2O5. The van der Waals surface area contributed by atoms with Gasteiger partial charge in [-0.2, -0.15) is 0 Å². The number of halogens is 1. The average Bonchev–Trinajstić information content (AvgIpc) is 3.36. The van der Waals surface area contributed by atoms with Crippen LogP contribution in [0.5, 0.6) is 5.75 Å². The van der Waals surface area contributed by atoms with Gasteiger partial charge in [0, 0.05) is 10.6 Å². The third kappa shape index (κ3) is 9.22. The van der Waals surface area contributed by atoms with Gasteiger partial charge in [0.25, 0.3) is 0 Å². The number of oxazole rings is 1. The van der Waals surface area contributed by atoms with Crippen molar-refractivity contribution in [2.24, 2.45) is 11.1 Å². The van der Waals surface area contributed by atoms with Crippen molar-refractivity contribution in [3.05, 3.63) is 106 Å². The molecule has 3 aromatic carbocycles. The van der Waals surface area contributed by atoms with Crippen LogP contribution >= 0.6 is 11.6 Å². The number of aryl methyl sites for hydroxylation is 1. The Hall–Kier alpha value is -4.10. The molecule has 0 amide bonds. The van der Waals surface area contributed by atoms with Crippen LogP contribution in [0.15, 0.2) is 88.4 Å². The van der Waals surface area contributed by atoms with E-state index in [0.29, 0.717) is 30.5 Å². The second-order valence-corrected chi connectivity index (χ2v) is 10.4. The van der Waals surface area contributed by atoms with Gasteiger partial charge in [-0.25, -0.2) is 4.98 Å². The number of ether oxygens (including phenoxy) is 1. The van der Waals surface area contributed by atoms with Gasteiger partial charge in [-0.05, 0) is 73.7 Å². The van der Waals surface area contributed by atoms with Crippen molar-refractivity contribution < 1.29 is 23.9 Å².